The molecule has 0 bridgehead atoms. The predicted molar refractivity (Wildman–Crippen MR) is 116 cm³/mol. The number of hydrogen-bond acceptors (Lipinski definition) is 5. The van der Waals surface area contributed by atoms with Gasteiger partial charge in [-0.2, -0.15) is 0 Å². The van der Waals surface area contributed by atoms with Crippen molar-refractivity contribution >= 4 is 21.2 Å². The molecule has 4 rings (SSSR count). The maximum atomic E-state index is 13.5. The molecule has 0 N–H and O–H groups in total. The van der Waals surface area contributed by atoms with Crippen LogP contribution in [-0.4, -0.2) is 34.4 Å². The summed E-state index contributed by atoms with van der Waals surface area (Å²) in [5, 5.41) is 1.02. The molecule has 0 spiro atoms. The Morgan fingerprint density at radius 1 is 0.862 bits per heavy atom. The molecule has 1 fully saturated rings. The number of rotatable bonds is 5. The third-order valence-corrected chi connectivity index (χ3v) is 7.33. The molecule has 150 valence electrons. The van der Waals surface area contributed by atoms with Crippen LogP contribution >= 0.6 is 0 Å². The number of anilines is 2. The average molecular weight is 409 g/mol. The van der Waals surface area contributed by atoms with Gasteiger partial charge in [0.15, 0.2) is 9.84 Å². The molecule has 1 aliphatic heterocycles. The zero-order valence-corrected chi connectivity index (χ0v) is 17.3. The zero-order chi connectivity index (χ0) is 20.4. The summed E-state index contributed by atoms with van der Waals surface area (Å²) in [7, 11) is 0.377. The molecule has 3 aromatic carbocycles. The molecule has 6 heteroatoms. The van der Waals surface area contributed by atoms with Crippen molar-refractivity contribution in [3.05, 3.63) is 90.5 Å². The third kappa shape index (κ3) is 3.73. The fourth-order valence-electron chi connectivity index (χ4n) is 3.65. The Kier molecular flexibility index (Phi) is 5.30. The first kappa shape index (κ1) is 19.5. The number of sulfone groups is 1. The number of para-hydroxylation sites is 1. The minimum absolute atomic E-state index is 0.103. The van der Waals surface area contributed by atoms with Crippen molar-refractivity contribution in [3.8, 4) is 0 Å². The van der Waals surface area contributed by atoms with E-state index in [1.807, 2.05) is 79.7 Å². The van der Waals surface area contributed by atoms with E-state index in [4.69, 9.17) is 4.84 Å². The molecule has 5 nitrogen and oxygen atoms in total. The van der Waals surface area contributed by atoms with Gasteiger partial charge in [0.1, 0.15) is 11.3 Å². The average Bonchev–Trinajstić information content (AvgIpc) is 3.21. The second kappa shape index (κ2) is 7.89. The molecular weight excluding hydrogens is 384 g/mol. The number of hydroxylamine groups is 1. The van der Waals surface area contributed by atoms with Crippen LogP contribution in [-0.2, 0) is 14.7 Å². The summed E-state index contributed by atoms with van der Waals surface area (Å²) in [6.45, 7) is 0.103. The van der Waals surface area contributed by atoms with Gasteiger partial charge in [-0.1, -0.05) is 48.5 Å². The summed E-state index contributed by atoms with van der Waals surface area (Å²) < 4.78 is 26.9. The van der Waals surface area contributed by atoms with Crippen LogP contribution in [0, 0.1) is 0 Å². The molecule has 0 aromatic heterocycles. The molecule has 0 saturated carbocycles. The molecule has 2 atom stereocenters. The van der Waals surface area contributed by atoms with E-state index in [1.165, 1.54) is 0 Å². The lowest BCUT2D eigenvalue weighted by molar-refractivity contribution is 0.159. The van der Waals surface area contributed by atoms with Gasteiger partial charge in [-0.15, -0.1) is 0 Å². The highest BCUT2D eigenvalue weighted by atomic mass is 32.2. The Morgan fingerprint density at radius 2 is 1.45 bits per heavy atom. The lowest BCUT2D eigenvalue weighted by atomic mass is 10.0. The van der Waals surface area contributed by atoms with E-state index in [0.717, 1.165) is 16.9 Å². The second-order valence-electron chi connectivity index (χ2n) is 7.28. The van der Waals surface area contributed by atoms with Gasteiger partial charge in [0.25, 0.3) is 0 Å². The highest BCUT2D eigenvalue weighted by Crippen LogP contribution is 2.40. The molecule has 29 heavy (non-hydrogen) atoms. The molecule has 3 aromatic rings. The molecule has 0 radical (unpaired) electrons. The largest absolute Gasteiger partial charge is 0.378 e. The molecule has 1 heterocycles. The van der Waals surface area contributed by atoms with Crippen LogP contribution in [0.2, 0.25) is 0 Å². The van der Waals surface area contributed by atoms with Crippen molar-refractivity contribution < 1.29 is 13.3 Å². The Bertz CT molecular complexity index is 1050. The minimum atomic E-state index is -3.58. The standard InChI is InChI=1S/C23H24N2O3S/c1-24(2)19-15-13-18(14-16-19)23-22(29(26,27)21-11-7-4-8-12-21)17-28-25(23)20-9-5-3-6-10-20/h3-16,22-23H,17H2,1-2H3/t22-,23+/m1/s1. The van der Waals surface area contributed by atoms with Gasteiger partial charge in [-0.3, -0.25) is 4.84 Å². The molecular formula is C23H24N2O3S. The summed E-state index contributed by atoms with van der Waals surface area (Å²) in [5.41, 5.74) is 2.79. The Balaban J connectivity index is 1.78. The van der Waals surface area contributed by atoms with Crippen LogP contribution < -0.4 is 9.96 Å². The fraction of sp³-hybridized carbons (Fsp3) is 0.217. The van der Waals surface area contributed by atoms with E-state index in [-0.39, 0.29) is 6.61 Å². The fourth-order valence-corrected chi connectivity index (χ4v) is 5.38. The van der Waals surface area contributed by atoms with Crippen molar-refractivity contribution in [1.82, 2.24) is 0 Å². The topological polar surface area (TPSA) is 49.9 Å². The predicted octanol–water partition coefficient (Wildman–Crippen LogP) is 4.09. The molecule has 1 saturated heterocycles. The molecule has 0 aliphatic carbocycles. The van der Waals surface area contributed by atoms with Crippen molar-refractivity contribution in [2.24, 2.45) is 0 Å². The van der Waals surface area contributed by atoms with Crippen molar-refractivity contribution in [3.63, 3.8) is 0 Å². The van der Waals surface area contributed by atoms with Gasteiger partial charge in [-0.25, -0.2) is 13.5 Å². The summed E-state index contributed by atoms with van der Waals surface area (Å²) in [5.74, 6) is 0. The maximum Gasteiger partial charge on any atom is 0.186 e. The van der Waals surface area contributed by atoms with Crippen LogP contribution in [0.5, 0.6) is 0 Å². The van der Waals surface area contributed by atoms with Crippen LogP contribution in [0.1, 0.15) is 11.6 Å². The summed E-state index contributed by atoms with van der Waals surface area (Å²) in [6, 6.07) is 25.8. The van der Waals surface area contributed by atoms with Crippen LogP contribution in [0.4, 0.5) is 11.4 Å². The highest BCUT2D eigenvalue weighted by molar-refractivity contribution is 7.92. The first-order valence-electron chi connectivity index (χ1n) is 9.52. The second-order valence-corrected chi connectivity index (χ2v) is 9.45. The molecule has 0 unspecified atom stereocenters. The smallest absolute Gasteiger partial charge is 0.186 e. The summed E-state index contributed by atoms with van der Waals surface area (Å²) in [6.07, 6.45) is 0. The van der Waals surface area contributed by atoms with Crippen molar-refractivity contribution in [1.29, 1.82) is 0 Å². The normalized spacial score (nSPS) is 19.3. The monoisotopic (exact) mass is 408 g/mol. The van der Waals surface area contributed by atoms with Gasteiger partial charge in [0.2, 0.25) is 0 Å². The zero-order valence-electron chi connectivity index (χ0n) is 16.5. The van der Waals surface area contributed by atoms with Crippen molar-refractivity contribution in [2.75, 3.05) is 30.7 Å². The molecule has 1 aliphatic rings. The first-order chi connectivity index (χ1) is 14.0. The van der Waals surface area contributed by atoms with E-state index in [9.17, 15) is 8.42 Å². The van der Waals surface area contributed by atoms with Gasteiger partial charge in [0.05, 0.1) is 17.2 Å². The lowest BCUT2D eigenvalue weighted by Crippen LogP contribution is -2.32. The Morgan fingerprint density at radius 3 is 2.03 bits per heavy atom. The minimum Gasteiger partial charge on any atom is -0.378 e. The highest BCUT2D eigenvalue weighted by Gasteiger charge is 2.45. The van der Waals surface area contributed by atoms with E-state index >= 15 is 0 Å². The SMILES string of the molecule is CN(C)c1ccc([C@H]2[C@H](S(=O)(=O)c3ccccc3)CON2c2ccccc2)cc1. The van der Waals surface area contributed by atoms with Gasteiger partial charge < -0.3 is 4.90 Å². The van der Waals surface area contributed by atoms with Gasteiger partial charge in [-0.05, 0) is 42.0 Å². The van der Waals surface area contributed by atoms with Crippen LogP contribution in [0.3, 0.4) is 0 Å². The van der Waals surface area contributed by atoms with E-state index in [2.05, 4.69) is 0 Å². The van der Waals surface area contributed by atoms with Gasteiger partial charge >= 0.3 is 0 Å². The lowest BCUT2D eigenvalue weighted by Gasteiger charge is -2.28. The first-order valence-corrected chi connectivity index (χ1v) is 11.1. The van der Waals surface area contributed by atoms with Crippen LogP contribution in [0.15, 0.2) is 89.8 Å². The molecule has 0 amide bonds. The van der Waals surface area contributed by atoms with Gasteiger partial charge in [0, 0.05) is 19.8 Å². The number of hydrogen-bond donors (Lipinski definition) is 0. The quantitative estimate of drug-likeness (QED) is 0.637. The maximum absolute atomic E-state index is 13.5. The number of nitrogens with zero attached hydrogens (tertiary/aromatic N) is 2. The van der Waals surface area contributed by atoms with Crippen molar-refractivity contribution in [2.45, 2.75) is 16.2 Å². The summed E-state index contributed by atoms with van der Waals surface area (Å²) >= 11 is 0. The Hall–Kier alpha value is -2.83. The summed E-state index contributed by atoms with van der Waals surface area (Å²) in [4.78, 5) is 8.28. The van der Waals surface area contributed by atoms with Crippen LogP contribution in [0.25, 0.3) is 0 Å². The van der Waals surface area contributed by atoms with E-state index in [1.54, 1.807) is 29.3 Å². The number of benzene rings is 3. The Labute approximate surface area is 172 Å². The van der Waals surface area contributed by atoms with E-state index in [0.29, 0.717) is 4.90 Å². The third-order valence-electron chi connectivity index (χ3n) is 5.21. The van der Waals surface area contributed by atoms with E-state index < -0.39 is 21.1 Å².